The maximum atomic E-state index is 11.8. The van der Waals surface area contributed by atoms with Gasteiger partial charge in [-0.15, -0.1) is 0 Å². The highest BCUT2D eigenvalue weighted by atomic mass is 32.1. The van der Waals surface area contributed by atoms with Gasteiger partial charge in [-0.3, -0.25) is 14.2 Å². The first kappa shape index (κ1) is 15.4. The molecule has 19 heavy (non-hydrogen) atoms. The zero-order chi connectivity index (χ0) is 14.6. The topological polar surface area (TPSA) is 88.4 Å². The summed E-state index contributed by atoms with van der Waals surface area (Å²) >= 11 is 1.02. The number of carbonyl (C=O) groups excluding carboxylic acids is 1. The first-order chi connectivity index (χ1) is 8.86. The minimum Gasteiger partial charge on any atom is -0.480 e. The van der Waals surface area contributed by atoms with Crippen LogP contribution in [-0.4, -0.2) is 27.6 Å². The second-order valence-electron chi connectivity index (χ2n) is 4.50. The van der Waals surface area contributed by atoms with Crippen LogP contribution < -0.4 is 10.2 Å². The third-order valence-corrected chi connectivity index (χ3v) is 3.95. The van der Waals surface area contributed by atoms with E-state index < -0.39 is 17.9 Å². The number of carboxylic acid groups (broad SMARTS) is 1. The van der Waals surface area contributed by atoms with Crippen molar-refractivity contribution in [2.24, 2.45) is 5.92 Å². The highest BCUT2D eigenvalue weighted by molar-refractivity contribution is 7.07. The zero-order valence-electron chi connectivity index (χ0n) is 11.2. The Hall–Kier alpha value is -1.63. The summed E-state index contributed by atoms with van der Waals surface area (Å²) in [6.45, 7) is 5.21. The van der Waals surface area contributed by atoms with E-state index in [1.165, 1.54) is 4.57 Å². The molecule has 0 unspecified atom stereocenters. The number of nitrogens with zero attached hydrogens (tertiary/aromatic N) is 1. The van der Waals surface area contributed by atoms with Crippen molar-refractivity contribution < 1.29 is 14.7 Å². The minimum atomic E-state index is -1.06. The van der Waals surface area contributed by atoms with Gasteiger partial charge < -0.3 is 10.4 Å². The Morgan fingerprint density at radius 3 is 2.58 bits per heavy atom. The number of aryl methyl sites for hydroxylation is 1. The maximum absolute atomic E-state index is 11.8. The summed E-state index contributed by atoms with van der Waals surface area (Å²) in [5.74, 6) is -1.69. The Balaban J connectivity index is 2.74. The van der Waals surface area contributed by atoms with Crippen LogP contribution in [0, 0.1) is 12.8 Å². The van der Waals surface area contributed by atoms with E-state index in [4.69, 9.17) is 5.11 Å². The molecule has 0 aliphatic carbocycles. The summed E-state index contributed by atoms with van der Waals surface area (Å²) in [5.41, 5.74) is 0.695. The highest BCUT2D eigenvalue weighted by Gasteiger charge is 2.25. The fourth-order valence-electron chi connectivity index (χ4n) is 1.64. The number of thiazole rings is 1. The molecule has 0 aliphatic heterocycles. The van der Waals surface area contributed by atoms with E-state index in [0.29, 0.717) is 12.1 Å². The van der Waals surface area contributed by atoms with Crippen LogP contribution >= 0.6 is 11.3 Å². The van der Waals surface area contributed by atoms with Gasteiger partial charge in [0.1, 0.15) is 12.6 Å². The lowest BCUT2D eigenvalue weighted by Crippen LogP contribution is -2.46. The summed E-state index contributed by atoms with van der Waals surface area (Å²) < 4.78 is 1.33. The van der Waals surface area contributed by atoms with E-state index in [2.05, 4.69) is 5.32 Å². The molecule has 2 N–H and O–H groups in total. The van der Waals surface area contributed by atoms with Gasteiger partial charge in [-0.05, 0) is 12.8 Å². The van der Waals surface area contributed by atoms with Crippen LogP contribution in [-0.2, 0) is 16.1 Å². The number of aromatic nitrogens is 1. The van der Waals surface area contributed by atoms with Gasteiger partial charge in [0.2, 0.25) is 5.91 Å². The van der Waals surface area contributed by atoms with Gasteiger partial charge in [0.05, 0.1) is 0 Å². The second kappa shape index (κ2) is 6.51. The van der Waals surface area contributed by atoms with Crippen molar-refractivity contribution in [3.63, 3.8) is 0 Å². The van der Waals surface area contributed by atoms with Gasteiger partial charge in [0.25, 0.3) is 0 Å². The van der Waals surface area contributed by atoms with Crippen molar-refractivity contribution in [3.8, 4) is 0 Å². The molecule has 106 valence electrons. The smallest absolute Gasteiger partial charge is 0.326 e. The van der Waals surface area contributed by atoms with Crippen molar-refractivity contribution in [2.75, 3.05) is 0 Å². The van der Waals surface area contributed by atoms with E-state index in [-0.39, 0.29) is 17.3 Å². The number of aliphatic carboxylic acids is 1. The summed E-state index contributed by atoms with van der Waals surface area (Å²) in [6.07, 6.45) is 0.647. The number of carboxylic acids is 1. The lowest BCUT2D eigenvalue weighted by atomic mass is 9.99. The largest absolute Gasteiger partial charge is 0.480 e. The molecule has 0 saturated heterocycles. The van der Waals surface area contributed by atoms with Crippen molar-refractivity contribution >= 4 is 23.2 Å². The van der Waals surface area contributed by atoms with Crippen molar-refractivity contribution in [3.05, 3.63) is 20.7 Å². The van der Waals surface area contributed by atoms with Crippen LogP contribution in [0.1, 0.15) is 26.0 Å². The van der Waals surface area contributed by atoms with Crippen molar-refractivity contribution in [2.45, 2.75) is 39.8 Å². The van der Waals surface area contributed by atoms with Gasteiger partial charge in [-0.1, -0.05) is 31.6 Å². The molecule has 1 aromatic rings. The Labute approximate surface area is 115 Å². The summed E-state index contributed by atoms with van der Waals surface area (Å²) in [4.78, 5) is 34.2. The third kappa shape index (κ3) is 3.92. The molecule has 2 atom stereocenters. The van der Waals surface area contributed by atoms with Gasteiger partial charge in [0, 0.05) is 11.1 Å². The number of hydrogen-bond donors (Lipinski definition) is 2. The molecule has 0 bridgehead atoms. The van der Waals surface area contributed by atoms with Crippen LogP contribution in [0.5, 0.6) is 0 Å². The lowest BCUT2D eigenvalue weighted by molar-refractivity contribution is -0.143. The average Bonchev–Trinajstić information content (AvgIpc) is 2.66. The number of carbonyl (C=O) groups is 2. The maximum Gasteiger partial charge on any atom is 0.326 e. The van der Waals surface area contributed by atoms with Crippen LogP contribution in [0.4, 0.5) is 0 Å². The van der Waals surface area contributed by atoms with Crippen molar-refractivity contribution in [1.29, 1.82) is 0 Å². The molecule has 0 aromatic carbocycles. The molecule has 0 fully saturated rings. The molecule has 0 saturated carbocycles. The monoisotopic (exact) mass is 286 g/mol. The van der Waals surface area contributed by atoms with Gasteiger partial charge >= 0.3 is 10.8 Å². The Morgan fingerprint density at radius 2 is 2.16 bits per heavy atom. The molecule has 1 aromatic heterocycles. The molecule has 0 aliphatic rings. The number of amides is 1. The predicted octanol–water partition coefficient (Wildman–Crippen LogP) is 0.834. The molecule has 0 radical (unpaired) electrons. The Bertz CT molecular complexity index is 520. The van der Waals surface area contributed by atoms with Crippen LogP contribution in [0.3, 0.4) is 0 Å². The number of nitrogens with one attached hydrogen (secondary N) is 1. The molecule has 6 nitrogen and oxygen atoms in total. The van der Waals surface area contributed by atoms with Crippen molar-refractivity contribution in [1.82, 2.24) is 9.88 Å². The Kier molecular flexibility index (Phi) is 5.29. The molecular formula is C12H18N2O4S. The summed E-state index contributed by atoms with van der Waals surface area (Å²) in [7, 11) is 0. The molecule has 0 spiro atoms. The normalized spacial score (nSPS) is 13.8. The predicted molar refractivity (Wildman–Crippen MR) is 72.3 cm³/mol. The van der Waals surface area contributed by atoms with Crippen LogP contribution in [0.25, 0.3) is 0 Å². The number of hydrogen-bond acceptors (Lipinski definition) is 4. The van der Waals surface area contributed by atoms with E-state index in [1.54, 1.807) is 19.2 Å². The van der Waals surface area contributed by atoms with E-state index in [9.17, 15) is 14.4 Å². The van der Waals surface area contributed by atoms with Gasteiger partial charge in [0.15, 0.2) is 0 Å². The molecule has 1 amide bonds. The summed E-state index contributed by atoms with van der Waals surface area (Å²) in [5, 5.41) is 13.2. The molecule has 1 rings (SSSR count). The van der Waals surface area contributed by atoms with E-state index in [1.807, 2.05) is 6.92 Å². The fourth-order valence-corrected chi connectivity index (χ4v) is 2.38. The first-order valence-electron chi connectivity index (χ1n) is 6.03. The van der Waals surface area contributed by atoms with Crippen LogP contribution in [0.15, 0.2) is 10.2 Å². The SMILES string of the molecule is CC[C@H](C)[C@H](NC(=O)Cn1c(C)csc1=O)C(=O)O. The molecular weight excluding hydrogens is 268 g/mol. The molecule has 1 heterocycles. The van der Waals surface area contributed by atoms with E-state index in [0.717, 1.165) is 11.3 Å². The summed E-state index contributed by atoms with van der Waals surface area (Å²) in [6, 6.07) is -0.924. The highest BCUT2D eigenvalue weighted by Crippen LogP contribution is 2.08. The zero-order valence-corrected chi connectivity index (χ0v) is 12.0. The third-order valence-electron chi connectivity index (χ3n) is 3.07. The van der Waals surface area contributed by atoms with Crippen LogP contribution in [0.2, 0.25) is 0 Å². The molecule has 7 heteroatoms. The minimum absolute atomic E-state index is 0.144. The fraction of sp³-hybridized carbons (Fsp3) is 0.583. The Morgan fingerprint density at radius 1 is 1.53 bits per heavy atom. The van der Waals surface area contributed by atoms with E-state index >= 15 is 0 Å². The van der Waals surface area contributed by atoms with Gasteiger partial charge in [-0.2, -0.15) is 0 Å². The first-order valence-corrected chi connectivity index (χ1v) is 6.91. The second-order valence-corrected chi connectivity index (χ2v) is 5.32. The average molecular weight is 286 g/mol. The van der Waals surface area contributed by atoms with Gasteiger partial charge in [-0.25, -0.2) is 4.79 Å². The lowest BCUT2D eigenvalue weighted by Gasteiger charge is -2.20. The quantitative estimate of drug-likeness (QED) is 0.811. The number of rotatable bonds is 6. The standard InChI is InChI=1S/C12H18N2O4S/c1-4-7(2)10(11(16)17)13-9(15)5-14-8(3)6-19-12(14)18/h6-7,10H,4-5H2,1-3H3,(H,13,15)(H,16,17)/t7-,10-/m0/s1.